The molecule has 0 aromatic heterocycles. The molecule has 5 heteroatoms. The Balaban J connectivity index is 1.69. The summed E-state index contributed by atoms with van der Waals surface area (Å²) in [4.78, 5) is 17.1. The summed E-state index contributed by atoms with van der Waals surface area (Å²) in [6.45, 7) is 2.60. The standard InChI is InChI=1S/C23H24N4O/c1-2-21(18-7-3-4-8-19(18)24)26-15-16-11-13-17(14-12-16)23(28)27-22-10-6-5-9-20(22)25/h3-14H,2,15,24-25H2,1H3,(H,27,28). The Kier molecular flexibility index (Phi) is 6.07. The Morgan fingerprint density at radius 1 is 0.893 bits per heavy atom. The van der Waals surface area contributed by atoms with E-state index in [1.54, 1.807) is 24.3 Å². The molecule has 3 aromatic rings. The zero-order chi connectivity index (χ0) is 19.9. The molecule has 5 N–H and O–H groups in total. The van der Waals surface area contributed by atoms with Crippen LogP contribution in [0.3, 0.4) is 0 Å². The van der Waals surface area contributed by atoms with Gasteiger partial charge in [0.2, 0.25) is 0 Å². The van der Waals surface area contributed by atoms with E-state index in [1.165, 1.54) is 0 Å². The highest BCUT2D eigenvalue weighted by Gasteiger charge is 2.08. The van der Waals surface area contributed by atoms with Gasteiger partial charge in [-0.2, -0.15) is 0 Å². The number of anilines is 3. The van der Waals surface area contributed by atoms with Crippen LogP contribution in [-0.4, -0.2) is 11.6 Å². The average Bonchev–Trinajstić information content (AvgIpc) is 2.72. The molecule has 0 spiro atoms. The number of nitrogens with two attached hydrogens (primary N) is 2. The Labute approximate surface area is 165 Å². The van der Waals surface area contributed by atoms with E-state index in [2.05, 4.69) is 12.2 Å². The molecule has 142 valence electrons. The molecule has 0 aliphatic heterocycles. The highest BCUT2D eigenvalue weighted by molar-refractivity contribution is 6.06. The summed E-state index contributed by atoms with van der Waals surface area (Å²) in [5.41, 5.74) is 17.3. The van der Waals surface area contributed by atoms with Crippen LogP contribution in [0.25, 0.3) is 0 Å². The Morgan fingerprint density at radius 2 is 1.54 bits per heavy atom. The number of carbonyl (C=O) groups is 1. The van der Waals surface area contributed by atoms with Crippen molar-refractivity contribution in [3.8, 4) is 0 Å². The Bertz CT molecular complexity index is 993. The zero-order valence-electron chi connectivity index (χ0n) is 15.9. The van der Waals surface area contributed by atoms with Crippen LogP contribution < -0.4 is 16.8 Å². The van der Waals surface area contributed by atoms with E-state index in [-0.39, 0.29) is 5.91 Å². The molecular weight excluding hydrogens is 348 g/mol. The number of nitrogens with one attached hydrogen (secondary N) is 1. The van der Waals surface area contributed by atoms with Crippen LogP contribution in [0.2, 0.25) is 0 Å². The molecule has 28 heavy (non-hydrogen) atoms. The fraction of sp³-hybridized carbons (Fsp3) is 0.130. The lowest BCUT2D eigenvalue weighted by Crippen LogP contribution is -2.13. The number of aliphatic imine (C=N–C) groups is 1. The molecule has 0 aliphatic carbocycles. The van der Waals surface area contributed by atoms with Crippen LogP contribution in [0, 0.1) is 0 Å². The number of hydrogen-bond acceptors (Lipinski definition) is 4. The summed E-state index contributed by atoms with van der Waals surface area (Å²) in [7, 11) is 0. The smallest absolute Gasteiger partial charge is 0.255 e. The predicted molar refractivity (Wildman–Crippen MR) is 117 cm³/mol. The number of hydrogen-bond donors (Lipinski definition) is 3. The van der Waals surface area contributed by atoms with E-state index < -0.39 is 0 Å². The van der Waals surface area contributed by atoms with Gasteiger partial charge < -0.3 is 16.8 Å². The third kappa shape index (κ3) is 4.57. The molecule has 0 aliphatic rings. The first kappa shape index (κ1) is 19.2. The van der Waals surface area contributed by atoms with Crippen LogP contribution >= 0.6 is 0 Å². The van der Waals surface area contributed by atoms with Crippen molar-refractivity contribution < 1.29 is 4.79 Å². The highest BCUT2D eigenvalue weighted by atomic mass is 16.1. The van der Waals surface area contributed by atoms with Crippen molar-refractivity contribution in [3.63, 3.8) is 0 Å². The SMILES string of the molecule is CCC(=NCc1ccc(C(=O)Nc2ccccc2N)cc1)c1ccccc1N. The van der Waals surface area contributed by atoms with Gasteiger partial charge in [-0.3, -0.25) is 9.79 Å². The van der Waals surface area contributed by atoms with Crippen molar-refractivity contribution in [1.29, 1.82) is 0 Å². The number of nitrogen functional groups attached to an aromatic ring is 2. The molecule has 5 nitrogen and oxygen atoms in total. The molecule has 0 heterocycles. The molecule has 0 bridgehead atoms. The van der Waals surface area contributed by atoms with Crippen molar-refractivity contribution in [2.45, 2.75) is 19.9 Å². The molecule has 0 unspecified atom stereocenters. The van der Waals surface area contributed by atoms with Gasteiger partial charge in [0, 0.05) is 22.5 Å². The minimum absolute atomic E-state index is 0.195. The molecule has 0 saturated heterocycles. The number of carbonyl (C=O) groups excluding carboxylic acids is 1. The molecule has 0 saturated carbocycles. The van der Waals surface area contributed by atoms with Crippen LogP contribution in [0.15, 0.2) is 77.8 Å². The summed E-state index contributed by atoms with van der Waals surface area (Å²) >= 11 is 0. The monoisotopic (exact) mass is 372 g/mol. The molecule has 3 rings (SSSR count). The van der Waals surface area contributed by atoms with E-state index in [9.17, 15) is 4.79 Å². The van der Waals surface area contributed by atoms with E-state index in [0.717, 1.165) is 28.9 Å². The number of rotatable bonds is 6. The van der Waals surface area contributed by atoms with Crippen LogP contribution in [0.5, 0.6) is 0 Å². The first-order valence-electron chi connectivity index (χ1n) is 9.21. The van der Waals surface area contributed by atoms with Crippen molar-refractivity contribution in [2.24, 2.45) is 4.99 Å². The van der Waals surface area contributed by atoms with Gasteiger partial charge in [-0.05, 0) is 42.3 Å². The van der Waals surface area contributed by atoms with Crippen LogP contribution in [-0.2, 0) is 6.54 Å². The van der Waals surface area contributed by atoms with E-state index >= 15 is 0 Å². The Morgan fingerprint density at radius 3 is 2.18 bits per heavy atom. The highest BCUT2D eigenvalue weighted by Crippen LogP contribution is 2.18. The van der Waals surface area contributed by atoms with Gasteiger partial charge >= 0.3 is 0 Å². The van der Waals surface area contributed by atoms with Gasteiger partial charge in [-0.25, -0.2) is 0 Å². The average molecular weight is 372 g/mol. The molecule has 0 fully saturated rings. The minimum Gasteiger partial charge on any atom is -0.398 e. The lowest BCUT2D eigenvalue weighted by molar-refractivity contribution is 0.102. The summed E-state index contributed by atoms with van der Waals surface area (Å²) in [6, 6.07) is 22.3. The second-order valence-corrected chi connectivity index (χ2v) is 6.44. The zero-order valence-corrected chi connectivity index (χ0v) is 15.9. The third-order valence-electron chi connectivity index (χ3n) is 4.48. The fourth-order valence-corrected chi connectivity index (χ4v) is 2.90. The van der Waals surface area contributed by atoms with Crippen molar-refractivity contribution in [1.82, 2.24) is 0 Å². The van der Waals surface area contributed by atoms with Gasteiger partial charge in [0.25, 0.3) is 5.91 Å². The summed E-state index contributed by atoms with van der Waals surface area (Å²) in [5, 5.41) is 2.83. The maximum absolute atomic E-state index is 12.4. The van der Waals surface area contributed by atoms with E-state index in [0.29, 0.717) is 23.5 Å². The Hall–Kier alpha value is -3.60. The summed E-state index contributed by atoms with van der Waals surface area (Å²) in [6.07, 6.45) is 0.799. The van der Waals surface area contributed by atoms with Gasteiger partial charge in [0.05, 0.1) is 17.9 Å². The van der Waals surface area contributed by atoms with E-state index in [4.69, 9.17) is 16.5 Å². The molecular formula is C23H24N4O. The molecule has 0 radical (unpaired) electrons. The first-order chi connectivity index (χ1) is 13.6. The molecule has 1 amide bonds. The minimum atomic E-state index is -0.195. The summed E-state index contributed by atoms with van der Waals surface area (Å²) in [5.74, 6) is -0.195. The maximum Gasteiger partial charge on any atom is 0.255 e. The normalized spacial score (nSPS) is 11.2. The predicted octanol–water partition coefficient (Wildman–Crippen LogP) is 4.50. The van der Waals surface area contributed by atoms with Gasteiger partial charge in [0.1, 0.15) is 0 Å². The second kappa shape index (κ2) is 8.86. The fourth-order valence-electron chi connectivity index (χ4n) is 2.90. The van der Waals surface area contributed by atoms with Gasteiger partial charge in [0.15, 0.2) is 0 Å². The van der Waals surface area contributed by atoms with Gasteiger partial charge in [-0.15, -0.1) is 0 Å². The topological polar surface area (TPSA) is 93.5 Å². The first-order valence-corrected chi connectivity index (χ1v) is 9.21. The van der Waals surface area contributed by atoms with Crippen LogP contribution in [0.1, 0.15) is 34.8 Å². The van der Waals surface area contributed by atoms with Gasteiger partial charge in [-0.1, -0.05) is 49.4 Å². The number of nitrogens with zero attached hydrogens (tertiary/aromatic N) is 1. The van der Waals surface area contributed by atoms with Crippen molar-refractivity contribution in [3.05, 3.63) is 89.5 Å². The lowest BCUT2D eigenvalue weighted by Gasteiger charge is -2.09. The number of para-hydroxylation sites is 3. The lowest BCUT2D eigenvalue weighted by atomic mass is 10.1. The summed E-state index contributed by atoms with van der Waals surface area (Å²) < 4.78 is 0. The van der Waals surface area contributed by atoms with E-state index in [1.807, 2.05) is 48.5 Å². The quantitative estimate of drug-likeness (QED) is 0.439. The number of amides is 1. The largest absolute Gasteiger partial charge is 0.398 e. The van der Waals surface area contributed by atoms with Crippen molar-refractivity contribution >= 4 is 28.7 Å². The molecule has 3 aromatic carbocycles. The maximum atomic E-state index is 12.4. The third-order valence-corrected chi connectivity index (χ3v) is 4.48. The number of benzene rings is 3. The second-order valence-electron chi connectivity index (χ2n) is 6.44. The van der Waals surface area contributed by atoms with Crippen LogP contribution in [0.4, 0.5) is 17.1 Å². The molecule has 0 atom stereocenters. The van der Waals surface area contributed by atoms with Crippen molar-refractivity contribution in [2.75, 3.05) is 16.8 Å².